The molecule has 0 aliphatic carbocycles. The van der Waals surface area contributed by atoms with Gasteiger partial charge in [-0.2, -0.15) is 0 Å². The zero-order chi connectivity index (χ0) is 16.1. The first kappa shape index (κ1) is 16.2. The fourth-order valence-corrected chi connectivity index (χ4v) is 2.32. The zero-order valence-corrected chi connectivity index (χ0v) is 14.0. The minimum absolute atomic E-state index is 0.0668. The van der Waals surface area contributed by atoms with E-state index < -0.39 is 0 Å². The number of amides is 2. The van der Waals surface area contributed by atoms with Crippen molar-refractivity contribution in [3.05, 3.63) is 63.6 Å². The van der Waals surface area contributed by atoms with Gasteiger partial charge in [0.2, 0.25) is 5.91 Å². The summed E-state index contributed by atoms with van der Waals surface area (Å²) >= 11 is 3.31. The highest BCUT2D eigenvalue weighted by Crippen LogP contribution is 2.19. The lowest BCUT2D eigenvalue weighted by Crippen LogP contribution is -2.33. The SMILES string of the molecule is Cc1cccc(C)c1NC(=O)CNC(=O)c1ccc(Br)cc1. The van der Waals surface area contributed by atoms with E-state index in [1.165, 1.54) is 0 Å². The summed E-state index contributed by atoms with van der Waals surface area (Å²) in [7, 11) is 0. The van der Waals surface area contributed by atoms with E-state index in [4.69, 9.17) is 0 Å². The summed E-state index contributed by atoms with van der Waals surface area (Å²) in [5.74, 6) is -0.521. The Morgan fingerprint density at radius 1 is 1.00 bits per heavy atom. The fraction of sp³-hybridized carbons (Fsp3) is 0.176. The lowest BCUT2D eigenvalue weighted by atomic mass is 10.1. The molecule has 22 heavy (non-hydrogen) atoms. The van der Waals surface area contributed by atoms with Crippen LogP contribution < -0.4 is 10.6 Å². The Balaban J connectivity index is 1.93. The van der Waals surface area contributed by atoms with E-state index in [0.29, 0.717) is 5.56 Å². The molecule has 0 bridgehead atoms. The van der Waals surface area contributed by atoms with E-state index in [9.17, 15) is 9.59 Å². The number of hydrogen-bond acceptors (Lipinski definition) is 2. The van der Waals surface area contributed by atoms with Gasteiger partial charge in [-0.25, -0.2) is 0 Å². The second-order valence-corrected chi connectivity index (χ2v) is 5.92. The highest BCUT2D eigenvalue weighted by molar-refractivity contribution is 9.10. The molecule has 0 aromatic heterocycles. The van der Waals surface area contributed by atoms with Crippen LogP contribution in [-0.2, 0) is 4.79 Å². The molecule has 5 heteroatoms. The summed E-state index contributed by atoms with van der Waals surface area (Å²) in [5.41, 5.74) is 3.30. The first-order valence-corrected chi connectivity index (χ1v) is 7.66. The van der Waals surface area contributed by atoms with Gasteiger partial charge in [-0.3, -0.25) is 9.59 Å². The van der Waals surface area contributed by atoms with Crippen molar-refractivity contribution in [3.63, 3.8) is 0 Å². The van der Waals surface area contributed by atoms with Gasteiger partial charge in [0, 0.05) is 15.7 Å². The molecule has 0 aliphatic heterocycles. The Kier molecular flexibility index (Phi) is 5.33. The molecule has 0 radical (unpaired) electrons. The first-order valence-electron chi connectivity index (χ1n) is 6.87. The van der Waals surface area contributed by atoms with Crippen molar-refractivity contribution in [3.8, 4) is 0 Å². The van der Waals surface area contributed by atoms with Crippen LogP contribution >= 0.6 is 15.9 Å². The number of para-hydroxylation sites is 1. The number of anilines is 1. The topological polar surface area (TPSA) is 58.2 Å². The molecule has 2 aromatic rings. The molecular weight excluding hydrogens is 344 g/mol. The van der Waals surface area contributed by atoms with Crippen LogP contribution in [-0.4, -0.2) is 18.4 Å². The van der Waals surface area contributed by atoms with Crippen molar-refractivity contribution < 1.29 is 9.59 Å². The smallest absolute Gasteiger partial charge is 0.251 e. The normalized spacial score (nSPS) is 10.1. The Morgan fingerprint density at radius 3 is 2.18 bits per heavy atom. The van der Waals surface area contributed by atoms with E-state index in [1.807, 2.05) is 32.0 Å². The summed E-state index contributed by atoms with van der Waals surface area (Å²) in [6, 6.07) is 12.8. The summed E-state index contributed by atoms with van der Waals surface area (Å²) in [6.07, 6.45) is 0. The maximum Gasteiger partial charge on any atom is 0.251 e. The monoisotopic (exact) mass is 360 g/mol. The number of hydrogen-bond donors (Lipinski definition) is 2. The average Bonchev–Trinajstić information content (AvgIpc) is 2.49. The highest BCUT2D eigenvalue weighted by atomic mass is 79.9. The van der Waals surface area contributed by atoms with Gasteiger partial charge >= 0.3 is 0 Å². The molecule has 0 aliphatic rings. The van der Waals surface area contributed by atoms with Gasteiger partial charge in [-0.1, -0.05) is 34.1 Å². The second-order valence-electron chi connectivity index (χ2n) is 5.00. The molecule has 4 nitrogen and oxygen atoms in total. The highest BCUT2D eigenvalue weighted by Gasteiger charge is 2.10. The van der Waals surface area contributed by atoms with Gasteiger partial charge in [-0.05, 0) is 49.2 Å². The van der Waals surface area contributed by atoms with Crippen LogP contribution in [0.3, 0.4) is 0 Å². The molecule has 0 heterocycles. The second kappa shape index (κ2) is 7.22. The predicted molar refractivity (Wildman–Crippen MR) is 91.0 cm³/mol. The minimum Gasteiger partial charge on any atom is -0.343 e. The number of halogens is 1. The van der Waals surface area contributed by atoms with E-state index in [2.05, 4.69) is 26.6 Å². The van der Waals surface area contributed by atoms with E-state index in [-0.39, 0.29) is 18.4 Å². The van der Waals surface area contributed by atoms with Crippen molar-refractivity contribution in [1.82, 2.24) is 5.32 Å². The Labute approximate surface area is 138 Å². The van der Waals surface area contributed by atoms with Crippen LogP contribution in [0.5, 0.6) is 0 Å². The van der Waals surface area contributed by atoms with Crippen molar-refractivity contribution in [2.75, 3.05) is 11.9 Å². The van der Waals surface area contributed by atoms with E-state index in [1.54, 1.807) is 24.3 Å². The number of rotatable bonds is 4. The molecular formula is C17H17BrN2O2. The summed E-state index contributed by atoms with van der Waals surface area (Å²) in [5, 5.41) is 5.44. The van der Waals surface area contributed by atoms with Crippen molar-refractivity contribution in [2.45, 2.75) is 13.8 Å². The lowest BCUT2D eigenvalue weighted by Gasteiger charge is -2.12. The number of carbonyl (C=O) groups is 2. The Bertz CT molecular complexity index is 676. The lowest BCUT2D eigenvalue weighted by molar-refractivity contribution is -0.115. The Morgan fingerprint density at radius 2 is 1.59 bits per heavy atom. The number of carbonyl (C=O) groups excluding carboxylic acids is 2. The third-order valence-electron chi connectivity index (χ3n) is 3.26. The maximum absolute atomic E-state index is 12.0. The third kappa shape index (κ3) is 4.18. The molecule has 0 unspecified atom stereocenters. The molecule has 0 saturated heterocycles. The molecule has 0 fully saturated rings. The molecule has 0 atom stereocenters. The van der Waals surface area contributed by atoms with Gasteiger partial charge in [0.05, 0.1) is 6.54 Å². The van der Waals surface area contributed by atoms with Crippen LogP contribution in [0, 0.1) is 13.8 Å². The molecule has 2 rings (SSSR count). The zero-order valence-electron chi connectivity index (χ0n) is 12.4. The third-order valence-corrected chi connectivity index (χ3v) is 3.79. The summed E-state index contributed by atoms with van der Waals surface area (Å²) in [4.78, 5) is 23.9. The van der Waals surface area contributed by atoms with Crippen molar-refractivity contribution in [2.24, 2.45) is 0 Å². The van der Waals surface area contributed by atoms with Gasteiger partial charge in [0.25, 0.3) is 5.91 Å². The average molecular weight is 361 g/mol. The molecule has 0 saturated carbocycles. The van der Waals surface area contributed by atoms with Crippen LogP contribution in [0.15, 0.2) is 46.9 Å². The molecule has 2 N–H and O–H groups in total. The molecule has 2 aromatic carbocycles. The Hall–Kier alpha value is -2.14. The standard InChI is InChI=1S/C17H17BrN2O2/c1-11-4-3-5-12(2)16(11)20-15(21)10-19-17(22)13-6-8-14(18)9-7-13/h3-9H,10H2,1-2H3,(H,19,22)(H,20,21). The molecule has 114 valence electrons. The van der Waals surface area contributed by atoms with Crippen LogP contribution in [0.4, 0.5) is 5.69 Å². The van der Waals surface area contributed by atoms with Crippen LogP contribution in [0.25, 0.3) is 0 Å². The molecule has 2 amide bonds. The quantitative estimate of drug-likeness (QED) is 0.877. The van der Waals surface area contributed by atoms with Crippen molar-refractivity contribution >= 4 is 33.4 Å². The first-order chi connectivity index (χ1) is 10.5. The number of benzene rings is 2. The van der Waals surface area contributed by atoms with Crippen LogP contribution in [0.2, 0.25) is 0 Å². The summed E-state index contributed by atoms with van der Waals surface area (Å²) < 4.78 is 0.900. The predicted octanol–water partition coefficient (Wildman–Crippen LogP) is 3.43. The number of nitrogens with one attached hydrogen (secondary N) is 2. The van der Waals surface area contributed by atoms with Crippen LogP contribution in [0.1, 0.15) is 21.5 Å². The van der Waals surface area contributed by atoms with Gasteiger partial charge in [0.15, 0.2) is 0 Å². The molecule has 0 spiro atoms. The minimum atomic E-state index is -0.274. The largest absolute Gasteiger partial charge is 0.343 e. The van der Waals surface area contributed by atoms with Gasteiger partial charge in [0.1, 0.15) is 0 Å². The van der Waals surface area contributed by atoms with Crippen molar-refractivity contribution in [1.29, 1.82) is 0 Å². The van der Waals surface area contributed by atoms with E-state index in [0.717, 1.165) is 21.3 Å². The fourth-order valence-electron chi connectivity index (χ4n) is 2.06. The van der Waals surface area contributed by atoms with Gasteiger partial charge < -0.3 is 10.6 Å². The number of aryl methyl sites for hydroxylation is 2. The summed E-state index contributed by atoms with van der Waals surface area (Å²) in [6.45, 7) is 3.80. The van der Waals surface area contributed by atoms with Gasteiger partial charge in [-0.15, -0.1) is 0 Å². The van der Waals surface area contributed by atoms with E-state index >= 15 is 0 Å². The maximum atomic E-state index is 12.0.